The molecule has 0 aromatic rings. The van der Waals surface area contributed by atoms with Crippen molar-refractivity contribution in [2.45, 2.75) is 20.3 Å². The van der Waals surface area contributed by atoms with Crippen LogP contribution in [0.2, 0.25) is 0 Å². The first-order valence-corrected chi connectivity index (χ1v) is 5.41. The monoisotopic (exact) mass is 212 g/mol. The van der Waals surface area contributed by atoms with Crippen LogP contribution in [0.4, 0.5) is 0 Å². The molecule has 0 aromatic carbocycles. The van der Waals surface area contributed by atoms with Crippen LogP contribution in [-0.2, 0) is 0 Å². The van der Waals surface area contributed by atoms with Crippen molar-refractivity contribution < 1.29 is 0 Å². The Morgan fingerprint density at radius 3 is 2.40 bits per heavy atom. The molecule has 0 bridgehead atoms. The minimum atomic E-state index is 0.717. The van der Waals surface area contributed by atoms with Gasteiger partial charge in [-0.1, -0.05) is 6.92 Å². The lowest BCUT2D eigenvalue weighted by atomic mass is 10.3. The zero-order chi connectivity index (χ0) is 11.7. The second-order valence-corrected chi connectivity index (χ2v) is 4.04. The van der Waals surface area contributed by atoms with E-state index in [9.17, 15) is 0 Å². The van der Waals surface area contributed by atoms with Gasteiger partial charge in [0, 0.05) is 18.8 Å². The second-order valence-electron chi connectivity index (χ2n) is 4.04. The Labute approximate surface area is 93.7 Å². The van der Waals surface area contributed by atoms with E-state index in [2.05, 4.69) is 47.9 Å². The van der Waals surface area contributed by atoms with Gasteiger partial charge in [-0.15, -0.1) is 0 Å². The van der Waals surface area contributed by atoms with Crippen molar-refractivity contribution in [2.24, 2.45) is 9.98 Å². The molecule has 0 saturated carbocycles. The summed E-state index contributed by atoms with van der Waals surface area (Å²) in [6, 6.07) is 0. The third-order valence-corrected chi connectivity index (χ3v) is 2.12. The Kier molecular flexibility index (Phi) is 8.14. The van der Waals surface area contributed by atoms with E-state index in [1.807, 2.05) is 6.92 Å². The zero-order valence-corrected chi connectivity index (χ0v) is 10.7. The van der Waals surface area contributed by atoms with E-state index in [1.54, 1.807) is 6.34 Å². The Hall–Kier alpha value is -0.740. The van der Waals surface area contributed by atoms with Crippen LogP contribution in [0.1, 0.15) is 20.3 Å². The average molecular weight is 212 g/mol. The molecule has 0 unspecified atom stereocenters. The molecule has 88 valence electrons. The lowest BCUT2D eigenvalue weighted by molar-refractivity contribution is 0.289. The summed E-state index contributed by atoms with van der Waals surface area (Å²) in [5.41, 5.74) is 1.12. The molecule has 4 nitrogen and oxygen atoms in total. The van der Waals surface area contributed by atoms with Gasteiger partial charge in [-0.25, -0.2) is 4.99 Å². The summed E-state index contributed by atoms with van der Waals surface area (Å²) < 4.78 is 0. The standard InChI is InChI=1S/C11H24N4/c1-6-11(2)13-9-12-10-15(5)8-7-14(3)4/h9H,6-8,10H2,1-5H3/b12-9-,13-11-. The van der Waals surface area contributed by atoms with Crippen LogP contribution in [0, 0.1) is 0 Å². The molecule has 4 heteroatoms. The maximum absolute atomic E-state index is 4.23. The SMILES string of the molecule is CC/C(C)=N\C=N/CN(C)CCN(C)C. The molecule has 0 rings (SSSR count). The third-order valence-electron chi connectivity index (χ3n) is 2.12. The lowest BCUT2D eigenvalue weighted by Crippen LogP contribution is -2.28. The highest BCUT2D eigenvalue weighted by atomic mass is 15.2. The van der Waals surface area contributed by atoms with E-state index in [1.165, 1.54) is 0 Å². The highest BCUT2D eigenvalue weighted by molar-refractivity contribution is 5.88. The quantitative estimate of drug-likeness (QED) is 0.471. The van der Waals surface area contributed by atoms with Gasteiger partial charge in [0.2, 0.25) is 0 Å². The van der Waals surface area contributed by atoms with Crippen LogP contribution in [0.5, 0.6) is 0 Å². The average Bonchev–Trinajstić information content (AvgIpc) is 2.21. The van der Waals surface area contributed by atoms with E-state index in [0.29, 0.717) is 6.67 Å². The van der Waals surface area contributed by atoms with Crippen LogP contribution < -0.4 is 0 Å². The molecule has 0 aliphatic heterocycles. The van der Waals surface area contributed by atoms with Gasteiger partial charge in [0.05, 0.1) is 6.67 Å². The van der Waals surface area contributed by atoms with Crippen LogP contribution >= 0.6 is 0 Å². The number of aliphatic imine (C=N–C) groups is 2. The Bertz CT molecular complexity index is 209. The maximum atomic E-state index is 4.23. The molecule has 0 spiro atoms. The van der Waals surface area contributed by atoms with Crippen LogP contribution in [0.15, 0.2) is 9.98 Å². The predicted octanol–water partition coefficient (Wildman–Crippen LogP) is 1.34. The molecule has 0 aliphatic rings. The summed E-state index contributed by atoms with van der Waals surface area (Å²) >= 11 is 0. The predicted molar refractivity (Wildman–Crippen MR) is 67.9 cm³/mol. The van der Waals surface area contributed by atoms with Crippen LogP contribution in [-0.4, -0.2) is 62.8 Å². The highest BCUT2D eigenvalue weighted by Crippen LogP contribution is 1.85. The van der Waals surface area contributed by atoms with E-state index in [0.717, 1.165) is 25.2 Å². The number of hydrogen-bond donors (Lipinski definition) is 0. The minimum Gasteiger partial charge on any atom is -0.308 e. The molecule has 0 fully saturated rings. The van der Waals surface area contributed by atoms with E-state index >= 15 is 0 Å². The summed E-state index contributed by atoms with van der Waals surface area (Å²) in [6.07, 6.45) is 2.65. The fourth-order valence-electron chi connectivity index (χ4n) is 0.848. The Balaban J connectivity index is 3.66. The molecule has 0 atom stereocenters. The van der Waals surface area contributed by atoms with Gasteiger partial charge in [-0.05, 0) is 34.5 Å². The minimum absolute atomic E-state index is 0.717. The fraction of sp³-hybridized carbons (Fsp3) is 0.818. The summed E-state index contributed by atoms with van der Waals surface area (Å²) in [5.74, 6) is 0. The van der Waals surface area contributed by atoms with Gasteiger partial charge in [-0.2, -0.15) is 0 Å². The molecule has 0 amide bonds. The first kappa shape index (κ1) is 14.3. The van der Waals surface area contributed by atoms with Crippen molar-refractivity contribution in [3.63, 3.8) is 0 Å². The maximum Gasteiger partial charge on any atom is 0.111 e. The number of nitrogens with zero attached hydrogens (tertiary/aromatic N) is 4. The van der Waals surface area contributed by atoms with Crippen molar-refractivity contribution in [3.8, 4) is 0 Å². The van der Waals surface area contributed by atoms with Gasteiger partial charge >= 0.3 is 0 Å². The van der Waals surface area contributed by atoms with Crippen LogP contribution in [0.25, 0.3) is 0 Å². The van der Waals surface area contributed by atoms with Crippen molar-refractivity contribution in [2.75, 3.05) is 40.9 Å². The van der Waals surface area contributed by atoms with Gasteiger partial charge in [0.1, 0.15) is 6.34 Å². The summed E-state index contributed by atoms with van der Waals surface area (Å²) in [4.78, 5) is 12.8. The van der Waals surface area contributed by atoms with Gasteiger partial charge in [-0.3, -0.25) is 9.89 Å². The van der Waals surface area contributed by atoms with E-state index in [4.69, 9.17) is 0 Å². The summed E-state index contributed by atoms with van der Waals surface area (Å²) in [7, 11) is 6.22. The van der Waals surface area contributed by atoms with E-state index < -0.39 is 0 Å². The summed E-state index contributed by atoms with van der Waals surface area (Å²) in [5, 5.41) is 0. The normalized spacial score (nSPS) is 13.4. The fourth-order valence-corrected chi connectivity index (χ4v) is 0.848. The van der Waals surface area contributed by atoms with Gasteiger partial charge in [0.25, 0.3) is 0 Å². The number of rotatable bonds is 7. The van der Waals surface area contributed by atoms with Crippen molar-refractivity contribution in [1.29, 1.82) is 0 Å². The smallest absolute Gasteiger partial charge is 0.111 e. The molecular weight excluding hydrogens is 188 g/mol. The third kappa shape index (κ3) is 9.56. The molecule has 0 heterocycles. The molecular formula is C11H24N4. The Morgan fingerprint density at radius 1 is 1.20 bits per heavy atom. The zero-order valence-electron chi connectivity index (χ0n) is 10.7. The summed E-state index contributed by atoms with van der Waals surface area (Å²) in [6.45, 7) is 6.91. The second kappa shape index (κ2) is 8.56. The lowest BCUT2D eigenvalue weighted by Gasteiger charge is -2.16. The van der Waals surface area contributed by atoms with Crippen molar-refractivity contribution >= 4 is 12.1 Å². The number of likely N-dealkylation sites (N-methyl/N-ethyl adjacent to an activating group) is 2. The molecule has 0 saturated heterocycles. The van der Waals surface area contributed by atoms with E-state index in [-0.39, 0.29) is 0 Å². The van der Waals surface area contributed by atoms with Crippen LogP contribution in [0.3, 0.4) is 0 Å². The number of hydrogen-bond acceptors (Lipinski definition) is 3. The molecule has 0 radical (unpaired) electrons. The van der Waals surface area contributed by atoms with Gasteiger partial charge < -0.3 is 4.90 Å². The van der Waals surface area contributed by atoms with Gasteiger partial charge in [0.15, 0.2) is 0 Å². The highest BCUT2D eigenvalue weighted by Gasteiger charge is 1.96. The molecule has 0 N–H and O–H groups in total. The van der Waals surface area contributed by atoms with Crippen molar-refractivity contribution in [3.05, 3.63) is 0 Å². The first-order chi connectivity index (χ1) is 7.06. The topological polar surface area (TPSA) is 31.2 Å². The molecule has 15 heavy (non-hydrogen) atoms. The largest absolute Gasteiger partial charge is 0.308 e. The Morgan fingerprint density at radius 2 is 1.87 bits per heavy atom. The molecule has 0 aliphatic carbocycles. The first-order valence-electron chi connectivity index (χ1n) is 5.41. The van der Waals surface area contributed by atoms with Crippen molar-refractivity contribution in [1.82, 2.24) is 9.80 Å². The molecule has 0 aromatic heterocycles.